The highest BCUT2D eigenvalue weighted by Gasteiger charge is 2.42. The predicted octanol–water partition coefficient (Wildman–Crippen LogP) is 3.09. The number of piperidine rings is 1. The van der Waals surface area contributed by atoms with Crippen LogP contribution in [0, 0.1) is 5.92 Å². The van der Waals surface area contributed by atoms with E-state index < -0.39 is 22.1 Å². The summed E-state index contributed by atoms with van der Waals surface area (Å²) >= 11 is 0. The molecule has 2 aliphatic rings. The lowest BCUT2D eigenvalue weighted by Gasteiger charge is -2.33. The molecule has 1 atom stereocenters. The molecule has 29 heavy (non-hydrogen) atoms. The van der Waals surface area contributed by atoms with E-state index >= 15 is 0 Å². The van der Waals surface area contributed by atoms with Crippen molar-refractivity contribution in [2.45, 2.75) is 49.6 Å². The SMILES string of the molecule is O=C(CCCCCN=C1NS(=O)(=O)c2ccccc21)N1CCCC(C(F)(F)F)C1. The van der Waals surface area contributed by atoms with E-state index in [2.05, 4.69) is 9.71 Å². The lowest BCUT2D eigenvalue weighted by molar-refractivity contribution is -0.188. The van der Waals surface area contributed by atoms with Crippen molar-refractivity contribution in [3.8, 4) is 0 Å². The van der Waals surface area contributed by atoms with Crippen LogP contribution in [0.3, 0.4) is 0 Å². The summed E-state index contributed by atoms with van der Waals surface area (Å²) in [4.78, 5) is 18.0. The number of carbonyl (C=O) groups is 1. The largest absolute Gasteiger partial charge is 0.393 e. The van der Waals surface area contributed by atoms with E-state index in [1.54, 1.807) is 18.2 Å². The van der Waals surface area contributed by atoms with Crippen LogP contribution in [0.4, 0.5) is 13.2 Å². The first-order chi connectivity index (χ1) is 13.7. The molecular formula is C19H24F3N3O3S. The van der Waals surface area contributed by atoms with Gasteiger partial charge in [0.15, 0.2) is 0 Å². The number of hydrogen-bond donors (Lipinski definition) is 1. The second-order valence-electron chi connectivity index (χ2n) is 7.36. The van der Waals surface area contributed by atoms with Crippen LogP contribution in [0.2, 0.25) is 0 Å². The van der Waals surface area contributed by atoms with Crippen LogP contribution < -0.4 is 4.72 Å². The van der Waals surface area contributed by atoms with Crippen LogP contribution in [0.25, 0.3) is 0 Å². The molecule has 1 saturated heterocycles. The van der Waals surface area contributed by atoms with Crippen LogP contribution in [0.1, 0.15) is 44.1 Å². The number of unbranched alkanes of at least 4 members (excludes halogenated alkanes) is 2. The standard InChI is InChI=1S/C19H24F3N3O3S/c20-19(21,22)14-7-6-12-25(13-14)17(26)10-2-1-5-11-23-18-15-8-3-4-9-16(15)29(27,28)24-18/h3-4,8-9,14H,1-2,5-7,10-13H2,(H,23,24). The third-order valence-electron chi connectivity index (χ3n) is 5.22. The molecule has 0 spiro atoms. The quantitative estimate of drug-likeness (QED) is 0.703. The normalized spacial score (nSPS) is 22.4. The van der Waals surface area contributed by atoms with E-state index in [1.165, 1.54) is 11.0 Å². The Morgan fingerprint density at radius 1 is 1.21 bits per heavy atom. The number of aliphatic imine (C=N–C) groups is 1. The van der Waals surface area contributed by atoms with Gasteiger partial charge in [0.1, 0.15) is 5.84 Å². The van der Waals surface area contributed by atoms with Crippen molar-refractivity contribution in [3.05, 3.63) is 29.8 Å². The highest BCUT2D eigenvalue weighted by Crippen LogP contribution is 2.33. The van der Waals surface area contributed by atoms with E-state index in [-0.39, 0.29) is 30.2 Å². The molecule has 1 N–H and O–H groups in total. The van der Waals surface area contributed by atoms with Gasteiger partial charge >= 0.3 is 6.18 Å². The molecule has 1 unspecified atom stereocenters. The Bertz CT molecular complexity index is 884. The fourth-order valence-electron chi connectivity index (χ4n) is 3.64. The van der Waals surface area contributed by atoms with Gasteiger partial charge < -0.3 is 4.90 Å². The molecule has 1 aromatic rings. The molecule has 1 aromatic carbocycles. The molecule has 0 saturated carbocycles. The number of likely N-dealkylation sites (tertiary alicyclic amines) is 1. The van der Waals surface area contributed by atoms with Gasteiger partial charge in [-0.1, -0.05) is 18.6 Å². The number of nitrogens with one attached hydrogen (secondary N) is 1. The molecule has 1 fully saturated rings. The minimum absolute atomic E-state index is 0.0838. The van der Waals surface area contributed by atoms with Crippen molar-refractivity contribution in [2.75, 3.05) is 19.6 Å². The van der Waals surface area contributed by atoms with Gasteiger partial charge in [0.05, 0.1) is 10.8 Å². The predicted molar refractivity (Wildman–Crippen MR) is 102 cm³/mol. The minimum atomic E-state index is -4.25. The summed E-state index contributed by atoms with van der Waals surface area (Å²) in [7, 11) is -3.55. The summed E-state index contributed by atoms with van der Waals surface area (Å²) in [6.07, 6.45) is -1.65. The van der Waals surface area contributed by atoms with Gasteiger partial charge in [-0.05, 0) is 37.8 Å². The van der Waals surface area contributed by atoms with Gasteiger partial charge in [0.2, 0.25) is 5.91 Å². The molecule has 2 heterocycles. The number of carbonyl (C=O) groups excluding carboxylic acids is 1. The summed E-state index contributed by atoms with van der Waals surface area (Å²) in [6.45, 7) is 0.550. The zero-order valence-electron chi connectivity index (χ0n) is 15.9. The summed E-state index contributed by atoms with van der Waals surface area (Å²) in [5.74, 6) is -1.33. The number of benzene rings is 1. The average Bonchev–Trinajstić information content (AvgIpc) is 2.94. The van der Waals surface area contributed by atoms with Crippen LogP contribution in [-0.2, 0) is 14.8 Å². The van der Waals surface area contributed by atoms with E-state index in [9.17, 15) is 26.4 Å². The van der Waals surface area contributed by atoms with Crippen molar-refractivity contribution >= 4 is 21.8 Å². The maximum Gasteiger partial charge on any atom is 0.393 e. The molecule has 0 bridgehead atoms. The summed E-state index contributed by atoms with van der Waals surface area (Å²) in [5, 5.41) is 0. The lowest BCUT2D eigenvalue weighted by atomic mass is 9.97. The molecule has 0 aromatic heterocycles. The third kappa shape index (κ3) is 5.29. The molecule has 10 heteroatoms. The van der Waals surface area contributed by atoms with E-state index in [0.29, 0.717) is 50.2 Å². The third-order valence-corrected chi connectivity index (χ3v) is 6.62. The fourth-order valence-corrected chi connectivity index (χ4v) is 4.89. The monoisotopic (exact) mass is 431 g/mol. The van der Waals surface area contributed by atoms with E-state index in [0.717, 1.165) is 0 Å². The molecular weight excluding hydrogens is 407 g/mol. The lowest BCUT2D eigenvalue weighted by Crippen LogP contribution is -2.44. The first kappa shape index (κ1) is 21.6. The number of amidine groups is 1. The Morgan fingerprint density at radius 2 is 1.97 bits per heavy atom. The fraction of sp³-hybridized carbons (Fsp3) is 0.579. The Balaban J connectivity index is 1.41. The van der Waals surface area contributed by atoms with Gasteiger partial charge in [-0.25, -0.2) is 8.42 Å². The van der Waals surface area contributed by atoms with Gasteiger partial charge in [-0.15, -0.1) is 0 Å². The van der Waals surface area contributed by atoms with Crippen LogP contribution >= 0.6 is 0 Å². The van der Waals surface area contributed by atoms with Crippen molar-refractivity contribution in [1.82, 2.24) is 9.62 Å². The molecule has 1 amide bonds. The second kappa shape index (κ2) is 8.73. The molecule has 0 radical (unpaired) electrons. The smallest absolute Gasteiger partial charge is 0.342 e. The van der Waals surface area contributed by atoms with Crippen LogP contribution in [0.5, 0.6) is 0 Å². The topological polar surface area (TPSA) is 78.8 Å². The minimum Gasteiger partial charge on any atom is -0.342 e. The van der Waals surface area contributed by atoms with Crippen molar-refractivity contribution < 1.29 is 26.4 Å². The number of hydrogen-bond acceptors (Lipinski definition) is 4. The number of amides is 1. The van der Waals surface area contributed by atoms with Crippen molar-refractivity contribution in [1.29, 1.82) is 0 Å². The number of nitrogens with zero attached hydrogens (tertiary/aromatic N) is 2. The molecule has 6 nitrogen and oxygen atoms in total. The Hall–Kier alpha value is -2.10. The van der Waals surface area contributed by atoms with E-state index in [4.69, 9.17) is 0 Å². The van der Waals surface area contributed by atoms with Crippen molar-refractivity contribution in [2.24, 2.45) is 10.9 Å². The molecule has 160 valence electrons. The first-order valence-electron chi connectivity index (χ1n) is 9.69. The second-order valence-corrected chi connectivity index (χ2v) is 9.01. The number of halogens is 3. The highest BCUT2D eigenvalue weighted by molar-refractivity contribution is 7.90. The van der Waals surface area contributed by atoms with Crippen molar-refractivity contribution in [3.63, 3.8) is 0 Å². The highest BCUT2D eigenvalue weighted by atomic mass is 32.2. The molecule has 2 aliphatic heterocycles. The number of alkyl halides is 3. The first-order valence-corrected chi connectivity index (χ1v) is 11.2. The zero-order valence-corrected chi connectivity index (χ0v) is 16.7. The van der Waals surface area contributed by atoms with Gasteiger partial charge in [0.25, 0.3) is 10.0 Å². The van der Waals surface area contributed by atoms with E-state index in [1.807, 2.05) is 0 Å². The summed E-state index contributed by atoms with van der Waals surface area (Å²) < 4.78 is 65.0. The number of rotatable bonds is 6. The molecule has 3 rings (SSSR count). The average molecular weight is 431 g/mol. The number of fused-ring (bicyclic) bond motifs is 1. The molecule has 0 aliphatic carbocycles. The maximum absolute atomic E-state index is 12.8. The Morgan fingerprint density at radius 3 is 2.72 bits per heavy atom. The van der Waals surface area contributed by atoms with Gasteiger partial charge in [0, 0.05) is 31.6 Å². The Labute approximate surface area is 168 Å². The summed E-state index contributed by atoms with van der Waals surface area (Å²) in [6, 6.07) is 6.61. The van der Waals surface area contributed by atoms with Crippen LogP contribution in [-0.4, -0.2) is 50.9 Å². The van der Waals surface area contributed by atoms with Gasteiger partial charge in [-0.2, -0.15) is 13.2 Å². The van der Waals surface area contributed by atoms with Gasteiger partial charge in [-0.3, -0.25) is 14.5 Å². The number of sulfonamides is 1. The summed E-state index contributed by atoms with van der Waals surface area (Å²) in [5.41, 5.74) is 0.548. The van der Waals surface area contributed by atoms with Crippen LogP contribution in [0.15, 0.2) is 34.2 Å². The Kier molecular flexibility index (Phi) is 6.50. The maximum atomic E-state index is 12.8. The zero-order chi connectivity index (χ0) is 21.1.